The third-order valence-electron chi connectivity index (χ3n) is 5.53. The summed E-state index contributed by atoms with van der Waals surface area (Å²) in [5.74, 6) is -0.401. The summed E-state index contributed by atoms with van der Waals surface area (Å²) in [6, 6.07) is 22.6. The van der Waals surface area contributed by atoms with Crippen molar-refractivity contribution in [2.45, 2.75) is 6.92 Å². The predicted molar refractivity (Wildman–Crippen MR) is 146 cm³/mol. The van der Waals surface area contributed by atoms with Crippen LogP contribution in [0.5, 0.6) is 0 Å². The molecule has 0 saturated heterocycles. The molecule has 0 radical (unpaired) electrons. The first-order chi connectivity index (χ1) is 17.0. The topological polar surface area (TPSA) is 85.1 Å². The monoisotopic (exact) mass is 495 g/mol. The molecule has 0 atom stereocenters. The van der Waals surface area contributed by atoms with Crippen molar-refractivity contribution in [3.05, 3.63) is 105 Å². The number of aryl methyl sites for hydroxylation is 1. The molecule has 0 aliphatic heterocycles. The zero-order valence-electron chi connectivity index (χ0n) is 18.8. The van der Waals surface area contributed by atoms with E-state index >= 15 is 0 Å². The predicted octanol–water partition coefficient (Wildman–Crippen LogP) is 7.06. The zero-order chi connectivity index (χ0) is 24.4. The minimum absolute atomic E-state index is 0.0966. The third-order valence-corrected chi connectivity index (χ3v) is 7.49. The van der Waals surface area contributed by atoms with Gasteiger partial charge in [-0.15, -0.1) is 22.7 Å². The van der Waals surface area contributed by atoms with E-state index in [9.17, 15) is 9.59 Å². The van der Waals surface area contributed by atoms with E-state index < -0.39 is 0 Å². The van der Waals surface area contributed by atoms with Gasteiger partial charge in [0.25, 0.3) is 5.91 Å². The zero-order valence-corrected chi connectivity index (χ0v) is 20.5. The second kappa shape index (κ2) is 9.66. The summed E-state index contributed by atoms with van der Waals surface area (Å²) in [6.45, 7) is 1.99. The number of carbonyl (C=O) groups excluding carboxylic acids is 2. The molecular weight excluding hydrogens is 474 g/mol. The molecule has 5 nitrogen and oxygen atoms in total. The molecule has 35 heavy (non-hydrogen) atoms. The van der Waals surface area contributed by atoms with Gasteiger partial charge in [0, 0.05) is 27.1 Å². The minimum atomic E-state index is -0.305. The number of fused-ring (bicyclic) bond motifs is 1. The van der Waals surface area contributed by atoms with Gasteiger partial charge in [0.05, 0.1) is 11.4 Å². The fourth-order valence-corrected chi connectivity index (χ4v) is 5.33. The molecule has 2 aromatic carbocycles. The van der Waals surface area contributed by atoms with Crippen molar-refractivity contribution in [2.24, 2.45) is 0 Å². The van der Waals surface area contributed by atoms with Gasteiger partial charge in [-0.2, -0.15) is 0 Å². The van der Waals surface area contributed by atoms with Gasteiger partial charge in [0.1, 0.15) is 9.71 Å². The Hall–Kier alpha value is -4.07. The van der Waals surface area contributed by atoms with Crippen molar-refractivity contribution in [3.8, 4) is 11.3 Å². The van der Waals surface area contributed by atoms with Crippen LogP contribution in [0.1, 0.15) is 30.5 Å². The van der Waals surface area contributed by atoms with Crippen molar-refractivity contribution in [3.63, 3.8) is 0 Å². The number of amides is 1. The van der Waals surface area contributed by atoms with E-state index in [0.29, 0.717) is 21.8 Å². The summed E-state index contributed by atoms with van der Waals surface area (Å²) < 4.78 is 0. The number of thiophene rings is 2. The molecule has 5 aromatic rings. The molecule has 7 heteroatoms. The second-order valence-corrected chi connectivity index (χ2v) is 9.94. The van der Waals surface area contributed by atoms with Gasteiger partial charge in [0.15, 0.2) is 5.78 Å². The van der Waals surface area contributed by atoms with Crippen LogP contribution in [0.4, 0.5) is 11.4 Å². The van der Waals surface area contributed by atoms with Gasteiger partial charge < -0.3 is 11.1 Å². The lowest BCUT2D eigenvalue weighted by molar-refractivity contribution is 0.102. The second-order valence-electron chi connectivity index (χ2n) is 7.96. The highest BCUT2D eigenvalue weighted by atomic mass is 32.1. The van der Waals surface area contributed by atoms with E-state index in [4.69, 9.17) is 10.7 Å². The number of hydrogen-bond donors (Lipinski definition) is 2. The van der Waals surface area contributed by atoms with E-state index in [2.05, 4.69) is 5.32 Å². The molecule has 3 N–H and O–H groups in total. The Morgan fingerprint density at radius 2 is 1.77 bits per heavy atom. The highest BCUT2D eigenvalue weighted by molar-refractivity contribution is 7.21. The van der Waals surface area contributed by atoms with E-state index in [0.717, 1.165) is 31.9 Å². The number of nitrogens with one attached hydrogen (secondary N) is 1. The van der Waals surface area contributed by atoms with Crippen LogP contribution in [-0.2, 0) is 0 Å². The molecule has 0 aliphatic carbocycles. The van der Waals surface area contributed by atoms with E-state index in [1.165, 1.54) is 11.3 Å². The van der Waals surface area contributed by atoms with Crippen LogP contribution < -0.4 is 11.1 Å². The molecule has 0 unspecified atom stereocenters. The molecule has 0 saturated carbocycles. The number of nitrogens with two attached hydrogens (primary N) is 1. The fourth-order valence-electron chi connectivity index (χ4n) is 3.74. The highest BCUT2D eigenvalue weighted by Crippen LogP contribution is 2.36. The fraction of sp³-hybridized carbons (Fsp3) is 0.0357. The van der Waals surface area contributed by atoms with E-state index in [-0.39, 0.29) is 11.7 Å². The first-order valence-corrected chi connectivity index (χ1v) is 12.6. The van der Waals surface area contributed by atoms with Crippen LogP contribution in [0.3, 0.4) is 0 Å². The number of benzene rings is 2. The molecule has 0 spiro atoms. The largest absolute Gasteiger partial charge is 0.397 e. The number of hydrogen-bond acceptors (Lipinski definition) is 6. The first kappa shape index (κ1) is 22.7. The van der Waals surface area contributed by atoms with Gasteiger partial charge in [-0.3, -0.25) is 9.59 Å². The van der Waals surface area contributed by atoms with E-state index in [1.807, 2.05) is 60.8 Å². The third kappa shape index (κ3) is 4.77. The highest BCUT2D eigenvalue weighted by Gasteiger charge is 2.19. The van der Waals surface area contributed by atoms with Crippen LogP contribution in [0, 0.1) is 6.92 Å². The van der Waals surface area contributed by atoms with Gasteiger partial charge in [-0.1, -0.05) is 36.4 Å². The number of rotatable bonds is 6. The number of aromatic nitrogens is 1. The SMILES string of the molecule is Cc1cc2c(N)c(C(=O)Nc3ccc(C(=O)/C=C/c4cccs4)cc3)sc2nc1-c1ccccc1. The summed E-state index contributed by atoms with van der Waals surface area (Å²) in [7, 11) is 0. The Morgan fingerprint density at radius 3 is 2.49 bits per heavy atom. The maximum atomic E-state index is 13.0. The average Bonchev–Trinajstić information content (AvgIpc) is 3.51. The van der Waals surface area contributed by atoms with Crippen molar-refractivity contribution in [1.29, 1.82) is 0 Å². The Bertz CT molecular complexity index is 1550. The number of pyridine rings is 1. The van der Waals surface area contributed by atoms with Crippen molar-refractivity contribution in [2.75, 3.05) is 11.1 Å². The number of ketones is 1. The van der Waals surface area contributed by atoms with Crippen LogP contribution in [0.15, 0.2) is 84.3 Å². The molecule has 5 rings (SSSR count). The molecule has 1 amide bonds. The molecule has 0 bridgehead atoms. The van der Waals surface area contributed by atoms with Crippen molar-refractivity contribution < 1.29 is 9.59 Å². The van der Waals surface area contributed by atoms with Gasteiger partial charge in [-0.05, 0) is 66.4 Å². The molecule has 3 aromatic heterocycles. The average molecular weight is 496 g/mol. The number of nitrogens with zero attached hydrogens (tertiary/aromatic N) is 1. The summed E-state index contributed by atoms with van der Waals surface area (Å²) in [5.41, 5.74) is 10.8. The number of anilines is 2. The Balaban J connectivity index is 1.35. The number of allylic oxidation sites excluding steroid dienone is 1. The van der Waals surface area contributed by atoms with Gasteiger partial charge in [0.2, 0.25) is 0 Å². The standard InChI is InChI=1S/C28H21N3O2S2/c1-17-16-22-24(29)26(35-28(22)31-25(17)19-6-3-2-4-7-19)27(33)30-20-11-9-18(10-12-20)23(32)14-13-21-8-5-15-34-21/h2-16H,29H2,1H3,(H,30,33)/b14-13+. The van der Waals surface area contributed by atoms with Crippen LogP contribution >= 0.6 is 22.7 Å². The lowest BCUT2D eigenvalue weighted by Gasteiger charge is -2.06. The van der Waals surface area contributed by atoms with Crippen molar-refractivity contribution in [1.82, 2.24) is 4.98 Å². The Morgan fingerprint density at radius 1 is 1.00 bits per heavy atom. The summed E-state index contributed by atoms with van der Waals surface area (Å²) in [4.78, 5) is 32.4. The van der Waals surface area contributed by atoms with Crippen LogP contribution in [0.2, 0.25) is 0 Å². The van der Waals surface area contributed by atoms with Crippen molar-refractivity contribution >= 4 is 62.0 Å². The first-order valence-electron chi connectivity index (χ1n) is 10.9. The van der Waals surface area contributed by atoms with Gasteiger partial charge in [-0.25, -0.2) is 4.98 Å². The van der Waals surface area contributed by atoms with Crippen LogP contribution in [0.25, 0.3) is 27.6 Å². The maximum absolute atomic E-state index is 13.0. The molecule has 172 valence electrons. The lowest BCUT2D eigenvalue weighted by atomic mass is 10.1. The van der Waals surface area contributed by atoms with Gasteiger partial charge >= 0.3 is 0 Å². The number of carbonyl (C=O) groups is 2. The van der Waals surface area contributed by atoms with E-state index in [1.54, 1.807) is 47.8 Å². The smallest absolute Gasteiger partial charge is 0.267 e. The normalized spacial score (nSPS) is 11.2. The minimum Gasteiger partial charge on any atom is -0.397 e. The summed E-state index contributed by atoms with van der Waals surface area (Å²) in [5, 5.41) is 5.61. The quantitative estimate of drug-likeness (QED) is 0.195. The molecule has 3 heterocycles. The number of nitrogen functional groups attached to an aromatic ring is 1. The molecular formula is C28H21N3O2S2. The molecule has 0 aliphatic rings. The lowest BCUT2D eigenvalue weighted by Crippen LogP contribution is -2.12. The van der Waals surface area contributed by atoms with Crippen LogP contribution in [-0.4, -0.2) is 16.7 Å². The maximum Gasteiger partial charge on any atom is 0.267 e. The summed E-state index contributed by atoms with van der Waals surface area (Å²) in [6.07, 6.45) is 3.35. The molecule has 0 fully saturated rings. The Kier molecular flexibility index (Phi) is 6.27. The summed E-state index contributed by atoms with van der Waals surface area (Å²) >= 11 is 2.84. The Labute approximate surface area is 210 Å².